The number of aliphatic hydroxyl groups excluding tert-OH is 2. The molecule has 0 spiro atoms. The Balaban J connectivity index is 4.03. The molecule has 0 radical (unpaired) electrons. The quantitative estimate of drug-likeness (QED) is 0.429. The van der Waals surface area contributed by atoms with Crippen LogP contribution in [-0.4, -0.2) is 74.4 Å². The number of halogens is 1. The average Bonchev–Trinajstić information content (AvgIpc) is 2.51. The number of Topliss-reactive ketones (excluding diaryl/α,β-unsaturated/α-hetero) is 3. The standard InChI is InChI=1S/C14H19BrO10/c1-6(17)12(22)11(21)10(5-16)24-14(25-15,8(3)19)13(12,7(2)18)23-9(4)20/h10-11,16,21-22H,5H2,1-4H3/t10-,11-,12+,13-,14-/m1/s1. The second-order valence-corrected chi connectivity index (χ2v) is 6.01. The molecule has 0 aromatic heterocycles. The second kappa shape index (κ2) is 7.17. The summed E-state index contributed by atoms with van der Waals surface area (Å²) >= 11 is 2.50. The minimum atomic E-state index is -3.14. The predicted molar refractivity (Wildman–Crippen MR) is 82.2 cm³/mol. The molecule has 1 rings (SSSR count). The van der Waals surface area contributed by atoms with Crippen molar-refractivity contribution in [3.63, 3.8) is 0 Å². The van der Waals surface area contributed by atoms with Crippen LogP contribution in [0.3, 0.4) is 0 Å². The van der Waals surface area contributed by atoms with Gasteiger partial charge < -0.3 is 24.8 Å². The first-order valence-electron chi connectivity index (χ1n) is 7.10. The maximum absolute atomic E-state index is 12.5. The van der Waals surface area contributed by atoms with Crippen molar-refractivity contribution in [1.29, 1.82) is 0 Å². The number of rotatable bonds is 6. The van der Waals surface area contributed by atoms with Crippen molar-refractivity contribution < 1.29 is 47.8 Å². The topological polar surface area (TPSA) is 157 Å². The highest BCUT2D eigenvalue weighted by Crippen LogP contribution is 2.50. The second-order valence-electron chi connectivity index (χ2n) is 5.69. The van der Waals surface area contributed by atoms with E-state index >= 15 is 0 Å². The Kier molecular flexibility index (Phi) is 6.26. The first kappa shape index (κ1) is 21.8. The molecule has 1 aliphatic rings. The number of ketones is 3. The minimum Gasteiger partial charge on any atom is -0.441 e. The van der Waals surface area contributed by atoms with Gasteiger partial charge in [-0.05, 0) is 13.8 Å². The number of hydrogen-bond donors (Lipinski definition) is 3. The zero-order chi connectivity index (χ0) is 19.8. The van der Waals surface area contributed by atoms with Gasteiger partial charge in [-0.1, -0.05) is 0 Å². The molecule has 142 valence electrons. The lowest BCUT2D eigenvalue weighted by Crippen LogP contribution is -2.86. The third-order valence-electron chi connectivity index (χ3n) is 4.18. The van der Waals surface area contributed by atoms with Crippen LogP contribution in [0, 0.1) is 0 Å². The molecule has 3 N–H and O–H groups in total. The predicted octanol–water partition coefficient (Wildman–Crippen LogP) is -1.44. The summed E-state index contributed by atoms with van der Waals surface area (Å²) in [4.78, 5) is 48.7. The molecule has 1 heterocycles. The van der Waals surface area contributed by atoms with Crippen LogP contribution in [0.2, 0.25) is 0 Å². The number of ether oxygens (including phenoxy) is 2. The number of aliphatic hydroxyl groups is 3. The van der Waals surface area contributed by atoms with Crippen LogP contribution >= 0.6 is 16.3 Å². The van der Waals surface area contributed by atoms with Crippen molar-refractivity contribution >= 4 is 39.6 Å². The van der Waals surface area contributed by atoms with E-state index < -0.39 is 59.1 Å². The number of carbonyl (C=O) groups excluding carboxylic acids is 4. The van der Waals surface area contributed by atoms with Crippen molar-refractivity contribution in [2.75, 3.05) is 6.61 Å². The van der Waals surface area contributed by atoms with E-state index in [0.717, 1.165) is 27.7 Å². The average molecular weight is 427 g/mol. The summed E-state index contributed by atoms with van der Waals surface area (Å²) in [6.45, 7) is 2.42. The first-order chi connectivity index (χ1) is 11.4. The van der Waals surface area contributed by atoms with Gasteiger partial charge in [-0.15, -0.1) is 0 Å². The Morgan fingerprint density at radius 1 is 1.08 bits per heavy atom. The van der Waals surface area contributed by atoms with Crippen molar-refractivity contribution in [1.82, 2.24) is 0 Å². The molecule has 1 saturated heterocycles. The zero-order valence-electron chi connectivity index (χ0n) is 13.9. The van der Waals surface area contributed by atoms with E-state index in [0.29, 0.717) is 0 Å². The van der Waals surface area contributed by atoms with Gasteiger partial charge in [0.2, 0.25) is 5.60 Å². The van der Waals surface area contributed by atoms with E-state index in [1.54, 1.807) is 0 Å². The third kappa shape index (κ3) is 2.75. The first-order valence-corrected chi connectivity index (χ1v) is 7.75. The lowest BCUT2D eigenvalue weighted by Gasteiger charge is -2.57. The molecule has 1 fully saturated rings. The molecule has 5 atom stereocenters. The smallest absolute Gasteiger partial charge is 0.303 e. The largest absolute Gasteiger partial charge is 0.441 e. The van der Waals surface area contributed by atoms with E-state index in [1.165, 1.54) is 0 Å². The van der Waals surface area contributed by atoms with E-state index in [-0.39, 0.29) is 0 Å². The van der Waals surface area contributed by atoms with Crippen molar-refractivity contribution in [3.05, 3.63) is 0 Å². The SMILES string of the molecule is CC(=O)O[C@@]1(C(C)=O)[C@](OBr)(C(C)=O)O[C@H](CO)[C@@H](O)[C@@]1(O)C(C)=O. The number of carbonyl (C=O) groups is 4. The number of esters is 1. The summed E-state index contributed by atoms with van der Waals surface area (Å²) in [5.41, 5.74) is -6.21. The van der Waals surface area contributed by atoms with Gasteiger partial charge in [0, 0.05) is 13.8 Å². The Bertz CT molecular complexity index is 588. The van der Waals surface area contributed by atoms with Crippen molar-refractivity contribution in [2.24, 2.45) is 0 Å². The molecule has 0 aliphatic carbocycles. The summed E-state index contributed by atoms with van der Waals surface area (Å²) in [5.74, 6) is -7.51. The summed E-state index contributed by atoms with van der Waals surface area (Å²) in [6.07, 6.45) is -3.92. The molecule has 0 aromatic carbocycles. The molecule has 0 saturated carbocycles. The van der Waals surface area contributed by atoms with Gasteiger partial charge in [-0.2, -0.15) is 0 Å². The number of hydrogen-bond acceptors (Lipinski definition) is 10. The molecular weight excluding hydrogens is 408 g/mol. The van der Waals surface area contributed by atoms with Crippen LogP contribution in [0.1, 0.15) is 27.7 Å². The summed E-state index contributed by atoms with van der Waals surface area (Å²) in [5, 5.41) is 30.8. The molecule has 0 bridgehead atoms. The molecule has 25 heavy (non-hydrogen) atoms. The van der Waals surface area contributed by atoms with E-state index in [2.05, 4.69) is 16.3 Å². The molecule has 0 amide bonds. The molecular formula is C14H19BrO10. The fourth-order valence-corrected chi connectivity index (χ4v) is 3.60. The highest BCUT2D eigenvalue weighted by molar-refractivity contribution is 9.06. The summed E-state index contributed by atoms with van der Waals surface area (Å²) in [7, 11) is 0. The molecule has 1 aliphatic heterocycles. The van der Waals surface area contributed by atoms with E-state index in [9.17, 15) is 34.5 Å². The summed E-state index contributed by atoms with van der Waals surface area (Å²) in [6, 6.07) is 0. The van der Waals surface area contributed by atoms with Crippen LogP contribution in [0.25, 0.3) is 0 Å². The van der Waals surface area contributed by atoms with E-state index in [4.69, 9.17) is 13.3 Å². The van der Waals surface area contributed by atoms with Gasteiger partial charge in [0.05, 0.1) is 6.61 Å². The highest BCUT2D eigenvalue weighted by atomic mass is 79.9. The van der Waals surface area contributed by atoms with Gasteiger partial charge in [-0.25, -0.2) is 0 Å². The molecule has 11 heteroatoms. The Hall–Kier alpha value is -1.24. The fraction of sp³-hybridized carbons (Fsp3) is 0.714. The normalized spacial score (nSPS) is 38.1. The zero-order valence-corrected chi connectivity index (χ0v) is 15.5. The Morgan fingerprint density at radius 2 is 1.60 bits per heavy atom. The van der Waals surface area contributed by atoms with Crippen LogP contribution in [0.15, 0.2) is 0 Å². The van der Waals surface area contributed by atoms with Crippen LogP contribution in [0.4, 0.5) is 0 Å². The highest BCUT2D eigenvalue weighted by Gasteiger charge is 2.81. The van der Waals surface area contributed by atoms with Gasteiger partial charge in [0.15, 0.2) is 17.3 Å². The molecule has 0 aromatic rings. The van der Waals surface area contributed by atoms with E-state index in [1.807, 2.05) is 0 Å². The van der Waals surface area contributed by atoms with Crippen LogP contribution < -0.4 is 0 Å². The third-order valence-corrected chi connectivity index (χ3v) is 4.64. The monoisotopic (exact) mass is 426 g/mol. The maximum Gasteiger partial charge on any atom is 0.303 e. The van der Waals surface area contributed by atoms with Crippen LogP contribution in [-0.2, 0) is 32.5 Å². The van der Waals surface area contributed by atoms with Gasteiger partial charge in [0.1, 0.15) is 28.5 Å². The van der Waals surface area contributed by atoms with Crippen molar-refractivity contribution in [2.45, 2.75) is 56.9 Å². The van der Waals surface area contributed by atoms with Gasteiger partial charge >= 0.3 is 5.97 Å². The maximum atomic E-state index is 12.5. The lowest BCUT2D eigenvalue weighted by atomic mass is 9.64. The molecule has 0 unspecified atom stereocenters. The minimum absolute atomic E-state index is 0.809. The van der Waals surface area contributed by atoms with Crippen molar-refractivity contribution in [3.8, 4) is 0 Å². The summed E-state index contributed by atoms with van der Waals surface area (Å²) < 4.78 is 15.0. The Labute approximate surface area is 151 Å². The molecule has 10 nitrogen and oxygen atoms in total. The fourth-order valence-electron chi connectivity index (χ4n) is 3.07. The lowest BCUT2D eigenvalue weighted by molar-refractivity contribution is -0.362. The van der Waals surface area contributed by atoms with Crippen LogP contribution in [0.5, 0.6) is 0 Å². The van der Waals surface area contributed by atoms with Gasteiger partial charge in [-0.3, -0.25) is 23.0 Å². The Morgan fingerprint density at radius 3 is 1.88 bits per heavy atom. The van der Waals surface area contributed by atoms with Gasteiger partial charge in [0.25, 0.3) is 11.4 Å².